The van der Waals surface area contributed by atoms with Crippen LogP contribution in [-0.4, -0.2) is 57.5 Å². The van der Waals surface area contributed by atoms with Gasteiger partial charge in [-0.2, -0.15) is 37.2 Å². The highest BCUT2D eigenvalue weighted by atomic mass is 19.4. The summed E-state index contributed by atoms with van der Waals surface area (Å²) in [6, 6.07) is 8.41. The van der Waals surface area contributed by atoms with Gasteiger partial charge in [0.25, 0.3) is 0 Å². The summed E-state index contributed by atoms with van der Waals surface area (Å²) in [6.07, 6.45) is -14.1. The number of aliphatic hydroxyl groups excluding tert-OH is 1. The minimum atomic E-state index is -5.61. The van der Waals surface area contributed by atoms with Gasteiger partial charge >= 0.3 is 24.5 Å². The van der Waals surface area contributed by atoms with Crippen LogP contribution < -0.4 is 5.73 Å². The first-order valence-corrected chi connectivity index (χ1v) is 8.77. The fourth-order valence-corrected chi connectivity index (χ4v) is 2.38. The Kier molecular flexibility index (Phi) is 8.10. The molecule has 0 spiro atoms. The zero-order valence-electron chi connectivity index (χ0n) is 16.0. The van der Waals surface area contributed by atoms with Crippen molar-refractivity contribution in [2.45, 2.75) is 31.4 Å². The zero-order chi connectivity index (χ0) is 24.1. The average Bonchev–Trinajstić information content (AvgIpc) is 2.76. The second kappa shape index (κ2) is 10.4. The Balaban J connectivity index is 2.13. The SMILES string of the molecule is NCc1ccc(-c2ccc(C(F)C(O)CN(OC(=O)C(F)(F)F)C(=O)C(F)F)cc2)nn1. The van der Waals surface area contributed by atoms with Gasteiger partial charge in [-0.15, -0.1) is 0 Å². The van der Waals surface area contributed by atoms with E-state index in [1.165, 1.54) is 24.3 Å². The minimum Gasteiger partial charge on any atom is -0.388 e. The summed E-state index contributed by atoms with van der Waals surface area (Å²) in [4.78, 5) is 25.8. The van der Waals surface area contributed by atoms with E-state index in [1.54, 1.807) is 12.1 Å². The smallest absolute Gasteiger partial charge is 0.388 e. The Labute approximate surface area is 176 Å². The quantitative estimate of drug-likeness (QED) is 0.474. The Morgan fingerprint density at radius 2 is 1.69 bits per heavy atom. The molecule has 2 rings (SSSR count). The maximum absolute atomic E-state index is 14.6. The van der Waals surface area contributed by atoms with Crippen molar-refractivity contribution in [3.63, 3.8) is 0 Å². The van der Waals surface area contributed by atoms with E-state index < -0.39 is 48.4 Å². The summed E-state index contributed by atoms with van der Waals surface area (Å²) < 4.78 is 76.7. The molecule has 1 heterocycles. The summed E-state index contributed by atoms with van der Waals surface area (Å²) in [5.74, 6) is -5.34. The van der Waals surface area contributed by atoms with Gasteiger partial charge in [0, 0.05) is 12.1 Å². The van der Waals surface area contributed by atoms with Crippen LogP contribution in [0, 0.1) is 0 Å². The third-order valence-electron chi connectivity index (χ3n) is 4.00. The standard InChI is InChI=1S/C18H16F6N4O4/c19-14(10-3-1-9(2-4-10)12-6-5-11(7-25)26-27-12)13(29)8-28(16(30)15(20)21)32-17(31)18(22,23)24/h1-6,13-15,29H,7-8,25H2. The Morgan fingerprint density at radius 1 is 1.06 bits per heavy atom. The summed E-state index contributed by atoms with van der Waals surface area (Å²) in [7, 11) is 0. The number of aromatic nitrogens is 2. The number of amides is 1. The van der Waals surface area contributed by atoms with Crippen LogP contribution in [0.25, 0.3) is 11.3 Å². The molecule has 0 aliphatic heterocycles. The highest BCUT2D eigenvalue weighted by Crippen LogP contribution is 2.26. The van der Waals surface area contributed by atoms with Crippen molar-refractivity contribution in [1.82, 2.24) is 15.3 Å². The van der Waals surface area contributed by atoms with Crippen molar-refractivity contribution >= 4 is 11.9 Å². The lowest BCUT2D eigenvalue weighted by Gasteiger charge is -2.25. The topological polar surface area (TPSA) is 119 Å². The lowest BCUT2D eigenvalue weighted by atomic mass is 10.0. The third kappa shape index (κ3) is 6.37. The van der Waals surface area contributed by atoms with Gasteiger partial charge < -0.3 is 15.7 Å². The number of nitrogens with two attached hydrogens (primary N) is 1. The van der Waals surface area contributed by atoms with Crippen LogP contribution in [0.1, 0.15) is 17.4 Å². The molecule has 0 saturated carbocycles. The first-order chi connectivity index (χ1) is 14.9. The zero-order valence-corrected chi connectivity index (χ0v) is 16.0. The van der Waals surface area contributed by atoms with Crippen LogP contribution in [0.2, 0.25) is 0 Å². The monoisotopic (exact) mass is 466 g/mol. The molecule has 2 aromatic rings. The molecule has 2 unspecified atom stereocenters. The molecule has 0 saturated heterocycles. The van der Waals surface area contributed by atoms with Crippen LogP contribution in [-0.2, 0) is 21.0 Å². The number of hydrogen-bond donors (Lipinski definition) is 2. The van der Waals surface area contributed by atoms with E-state index in [0.717, 1.165) is 0 Å². The molecule has 0 fully saturated rings. The number of alkyl halides is 6. The number of halogens is 6. The fourth-order valence-electron chi connectivity index (χ4n) is 2.38. The van der Waals surface area contributed by atoms with Gasteiger partial charge in [-0.25, -0.2) is 9.18 Å². The number of aliphatic hydroxyl groups is 1. The molecule has 0 aliphatic carbocycles. The molecule has 0 aliphatic rings. The predicted octanol–water partition coefficient (Wildman–Crippen LogP) is 2.09. The van der Waals surface area contributed by atoms with Gasteiger partial charge in [-0.05, 0) is 17.7 Å². The second-order valence-corrected chi connectivity index (χ2v) is 6.28. The molecule has 0 radical (unpaired) electrons. The van der Waals surface area contributed by atoms with Crippen LogP contribution in [0.3, 0.4) is 0 Å². The first-order valence-electron chi connectivity index (χ1n) is 8.77. The number of hydrogen-bond acceptors (Lipinski definition) is 7. The number of carbonyl (C=O) groups is 2. The molecular weight excluding hydrogens is 450 g/mol. The first kappa shape index (κ1) is 25.0. The van der Waals surface area contributed by atoms with Gasteiger partial charge in [0.1, 0.15) is 6.10 Å². The van der Waals surface area contributed by atoms with Crippen molar-refractivity contribution in [3.8, 4) is 11.3 Å². The number of carbonyl (C=O) groups excluding carboxylic acids is 2. The van der Waals surface area contributed by atoms with E-state index >= 15 is 0 Å². The molecule has 174 valence electrons. The Bertz CT molecular complexity index is 925. The second-order valence-electron chi connectivity index (χ2n) is 6.28. The lowest BCUT2D eigenvalue weighted by molar-refractivity contribution is -0.243. The number of benzene rings is 1. The van der Waals surface area contributed by atoms with Gasteiger partial charge in [0.15, 0.2) is 6.17 Å². The van der Waals surface area contributed by atoms with Crippen molar-refractivity contribution in [2.75, 3.05) is 6.54 Å². The average molecular weight is 466 g/mol. The molecule has 0 bridgehead atoms. The minimum absolute atomic E-state index is 0.178. The van der Waals surface area contributed by atoms with Crippen molar-refractivity contribution in [2.24, 2.45) is 5.73 Å². The largest absolute Gasteiger partial charge is 0.493 e. The van der Waals surface area contributed by atoms with E-state index in [0.29, 0.717) is 17.0 Å². The summed E-state index contributed by atoms with van der Waals surface area (Å²) >= 11 is 0. The number of nitrogens with zero attached hydrogens (tertiary/aromatic N) is 3. The van der Waals surface area contributed by atoms with E-state index in [-0.39, 0.29) is 12.1 Å². The molecule has 32 heavy (non-hydrogen) atoms. The highest BCUT2D eigenvalue weighted by Gasteiger charge is 2.44. The van der Waals surface area contributed by atoms with Crippen molar-refractivity contribution < 1.29 is 45.9 Å². The van der Waals surface area contributed by atoms with Gasteiger partial charge in [0.2, 0.25) is 0 Å². The molecule has 8 nitrogen and oxygen atoms in total. The predicted molar refractivity (Wildman–Crippen MR) is 95.1 cm³/mol. The molecule has 1 amide bonds. The van der Waals surface area contributed by atoms with E-state index in [1.807, 2.05) is 0 Å². The van der Waals surface area contributed by atoms with Crippen molar-refractivity contribution in [1.29, 1.82) is 0 Å². The third-order valence-corrected chi connectivity index (χ3v) is 4.00. The molecular formula is C18H16F6N4O4. The molecule has 14 heteroatoms. The van der Waals surface area contributed by atoms with E-state index in [2.05, 4.69) is 15.0 Å². The summed E-state index contributed by atoms with van der Waals surface area (Å²) in [5.41, 5.74) is 6.67. The normalized spacial score (nSPS) is 13.5. The fraction of sp³-hybridized carbons (Fsp3) is 0.333. The van der Waals surface area contributed by atoms with Gasteiger partial charge in [-0.1, -0.05) is 24.3 Å². The van der Waals surface area contributed by atoms with E-state index in [9.17, 15) is 41.0 Å². The molecule has 3 N–H and O–H groups in total. The van der Waals surface area contributed by atoms with Gasteiger partial charge in [-0.3, -0.25) is 4.79 Å². The summed E-state index contributed by atoms with van der Waals surface area (Å²) in [6.45, 7) is -1.29. The number of hydroxylamine groups is 2. The molecule has 2 atom stereocenters. The highest BCUT2D eigenvalue weighted by molar-refractivity contribution is 5.82. The van der Waals surface area contributed by atoms with Crippen molar-refractivity contribution in [3.05, 3.63) is 47.7 Å². The Morgan fingerprint density at radius 3 is 2.16 bits per heavy atom. The maximum atomic E-state index is 14.6. The molecule has 1 aromatic carbocycles. The van der Waals surface area contributed by atoms with Gasteiger partial charge in [0.05, 0.1) is 17.9 Å². The van der Waals surface area contributed by atoms with Crippen LogP contribution in [0.4, 0.5) is 26.3 Å². The molecule has 1 aromatic heterocycles. The number of rotatable bonds is 7. The maximum Gasteiger partial charge on any atom is 0.493 e. The lowest BCUT2D eigenvalue weighted by Crippen LogP contribution is -2.45. The summed E-state index contributed by atoms with van der Waals surface area (Å²) in [5, 5.41) is 17.0. The van der Waals surface area contributed by atoms with Crippen LogP contribution in [0.15, 0.2) is 36.4 Å². The van der Waals surface area contributed by atoms with E-state index in [4.69, 9.17) is 5.73 Å². The van der Waals surface area contributed by atoms with Crippen LogP contribution in [0.5, 0.6) is 0 Å². The van der Waals surface area contributed by atoms with Crippen LogP contribution >= 0.6 is 0 Å². The Hall–Kier alpha value is -3.26.